The van der Waals surface area contributed by atoms with Crippen molar-refractivity contribution in [2.75, 3.05) is 13.7 Å². The first-order chi connectivity index (χ1) is 14.0. The summed E-state index contributed by atoms with van der Waals surface area (Å²) >= 11 is 0. The van der Waals surface area contributed by atoms with Gasteiger partial charge in [0.05, 0.1) is 7.11 Å². The summed E-state index contributed by atoms with van der Waals surface area (Å²) in [7, 11) is 1.62. The predicted molar refractivity (Wildman–Crippen MR) is 116 cm³/mol. The van der Waals surface area contributed by atoms with Crippen molar-refractivity contribution in [3.8, 4) is 5.75 Å². The second-order valence-corrected chi connectivity index (χ2v) is 7.17. The molecule has 1 atom stereocenters. The number of methoxy groups -OCH3 is 1. The number of nitrogens with zero attached hydrogens (tertiary/aromatic N) is 1. The van der Waals surface area contributed by atoms with Crippen LogP contribution in [-0.2, 0) is 22.6 Å². The van der Waals surface area contributed by atoms with Gasteiger partial charge in [-0.05, 0) is 49.9 Å². The molecule has 0 bridgehead atoms. The zero-order chi connectivity index (χ0) is 21.2. The van der Waals surface area contributed by atoms with E-state index in [2.05, 4.69) is 29.6 Å². The number of carbonyl (C=O) groups is 2. The predicted octanol–water partition coefficient (Wildman–Crippen LogP) is 3.88. The Kier molecular flexibility index (Phi) is 8.71. The van der Waals surface area contributed by atoms with Crippen molar-refractivity contribution in [2.45, 2.75) is 52.6 Å². The lowest BCUT2D eigenvalue weighted by Gasteiger charge is -2.30. The van der Waals surface area contributed by atoms with E-state index in [1.165, 1.54) is 5.56 Å². The third kappa shape index (κ3) is 6.63. The first kappa shape index (κ1) is 22.5. The first-order valence-corrected chi connectivity index (χ1v) is 10.2. The molecule has 0 aromatic heterocycles. The Morgan fingerprint density at radius 2 is 1.62 bits per heavy atom. The minimum atomic E-state index is -0.484. The maximum absolute atomic E-state index is 13.1. The zero-order valence-corrected chi connectivity index (χ0v) is 17.9. The number of nitrogens with one attached hydrogen (secondary N) is 1. The highest BCUT2D eigenvalue weighted by molar-refractivity contribution is 5.87. The molecular weight excluding hydrogens is 364 g/mol. The van der Waals surface area contributed by atoms with E-state index < -0.39 is 6.04 Å². The van der Waals surface area contributed by atoms with E-state index in [0.717, 1.165) is 16.9 Å². The van der Waals surface area contributed by atoms with Crippen LogP contribution in [0.3, 0.4) is 0 Å². The quantitative estimate of drug-likeness (QED) is 0.663. The highest BCUT2D eigenvalue weighted by Crippen LogP contribution is 2.18. The molecule has 5 heteroatoms. The number of ether oxygens (including phenoxy) is 1. The molecule has 0 aliphatic rings. The van der Waals surface area contributed by atoms with Crippen molar-refractivity contribution in [1.82, 2.24) is 10.2 Å². The number of aryl methyl sites for hydroxylation is 2. The molecule has 1 N–H and O–H groups in total. The van der Waals surface area contributed by atoms with Gasteiger partial charge in [-0.3, -0.25) is 9.59 Å². The second-order valence-electron chi connectivity index (χ2n) is 7.17. The van der Waals surface area contributed by atoms with Gasteiger partial charge < -0.3 is 15.0 Å². The summed E-state index contributed by atoms with van der Waals surface area (Å²) in [4.78, 5) is 27.4. The lowest BCUT2D eigenvalue weighted by atomic mass is 10.0. The van der Waals surface area contributed by atoms with Gasteiger partial charge >= 0.3 is 0 Å². The van der Waals surface area contributed by atoms with E-state index in [9.17, 15) is 9.59 Å². The molecule has 0 fully saturated rings. The van der Waals surface area contributed by atoms with E-state index in [1.54, 1.807) is 12.0 Å². The fourth-order valence-corrected chi connectivity index (χ4v) is 3.29. The van der Waals surface area contributed by atoms with Gasteiger partial charge in [0.1, 0.15) is 11.8 Å². The van der Waals surface area contributed by atoms with Gasteiger partial charge in [-0.15, -0.1) is 0 Å². The van der Waals surface area contributed by atoms with Crippen LogP contribution in [0, 0.1) is 6.92 Å². The summed E-state index contributed by atoms with van der Waals surface area (Å²) in [6.07, 6.45) is 1.59. The van der Waals surface area contributed by atoms with Crippen LogP contribution in [0.4, 0.5) is 0 Å². The number of likely N-dealkylation sites (N-methyl/N-ethyl adjacent to an activating group) is 1. The van der Waals surface area contributed by atoms with E-state index >= 15 is 0 Å². The fraction of sp³-hybridized carbons (Fsp3) is 0.417. The molecule has 0 aliphatic carbocycles. The topological polar surface area (TPSA) is 58.6 Å². The summed E-state index contributed by atoms with van der Waals surface area (Å²) in [5.41, 5.74) is 3.29. The molecule has 1 unspecified atom stereocenters. The average Bonchev–Trinajstić information content (AvgIpc) is 2.73. The minimum absolute atomic E-state index is 0.0144. The zero-order valence-electron chi connectivity index (χ0n) is 17.9. The summed E-state index contributed by atoms with van der Waals surface area (Å²) in [6, 6.07) is 15.3. The summed E-state index contributed by atoms with van der Waals surface area (Å²) in [5.74, 6) is 0.647. The van der Waals surface area contributed by atoms with Gasteiger partial charge in [-0.2, -0.15) is 0 Å². The smallest absolute Gasteiger partial charge is 0.242 e. The summed E-state index contributed by atoms with van der Waals surface area (Å²) in [6.45, 7) is 6.81. The average molecular weight is 397 g/mol. The number of hydrogen-bond acceptors (Lipinski definition) is 3. The monoisotopic (exact) mass is 396 g/mol. The lowest BCUT2D eigenvalue weighted by Crippen LogP contribution is -2.49. The molecule has 2 aromatic rings. The summed E-state index contributed by atoms with van der Waals surface area (Å²) < 4.78 is 5.21. The molecule has 0 saturated heterocycles. The number of carbonyl (C=O) groups excluding carboxylic acids is 2. The van der Waals surface area contributed by atoms with Crippen molar-refractivity contribution in [2.24, 2.45) is 0 Å². The Hall–Kier alpha value is -2.82. The van der Waals surface area contributed by atoms with Crippen LogP contribution >= 0.6 is 0 Å². The van der Waals surface area contributed by atoms with Gasteiger partial charge in [-0.1, -0.05) is 48.9 Å². The van der Waals surface area contributed by atoms with Gasteiger partial charge in [0.2, 0.25) is 11.8 Å². The molecule has 0 aliphatic heterocycles. The number of rotatable bonds is 10. The van der Waals surface area contributed by atoms with Crippen LogP contribution < -0.4 is 10.1 Å². The van der Waals surface area contributed by atoms with Gasteiger partial charge in [-0.25, -0.2) is 0 Å². The molecule has 5 nitrogen and oxygen atoms in total. The highest BCUT2D eigenvalue weighted by atomic mass is 16.5. The molecule has 2 rings (SSSR count). The maximum atomic E-state index is 13.1. The second kappa shape index (κ2) is 11.2. The molecule has 0 heterocycles. The van der Waals surface area contributed by atoms with Crippen LogP contribution in [0.15, 0.2) is 48.5 Å². The summed E-state index contributed by atoms with van der Waals surface area (Å²) in [5, 5.41) is 2.86. The van der Waals surface area contributed by atoms with Crippen molar-refractivity contribution >= 4 is 11.8 Å². The van der Waals surface area contributed by atoms with E-state index in [4.69, 9.17) is 4.74 Å². The van der Waals surface area contributed by atoms with E-state index in [-0.39, 0.29) is 11.8 Å². The van der Waals surface area contributed by atoms with Crippen molar-refractivity contribution in [1.29, 1.82) is 0 Å². The maximum Gasteiger partial charge on any atom is 0.242 e. The SMILES string of the molecule is CCNC(=O)C(CC)N(Cc1ccc(OC)cc1)C(=O)CCc1ccc(C)cc1. The molecule has 2 aromatic carbocycles. The lowest BCUT2D eigenvalue weighted by molar-refractivity contribution is -0.141. The first-order valence-electron chi connectivity index (χ1n) is 10.2. The normalized spacial score (nSPS) is 11.6. The minimum Gasteiger partial charge on any atom is -0.497 e. The Bertz CT molecular complexity index is 785. The van der Waals surface area contributed by atoms with Gasteiger partial charge in [0.25, 0.3) is 0 Å². The standard InChI is InChI=1S/C24H32N2O3/c1-5-22(24(28)25-6-2)26(17-20-11-14-21(29-4)15-12-20)23(27)16-13-19-9-7-18(3)8-10-19/h7-12,14-15,22H,5-6,13,16-17H2,1-4H3,(H,25,28). The number of amides is 2. The Morgan fingerprint density at radius 1 is 1.00 bits per heavy atom. The van der Waals surface area contributed by atoms with E-state index in [1.807, 2.05) is 45.0 Å². The molecule has 156 valence electrons. The van der Waals surface area contributed by atoms with Crippen molar-refractivity contribution in [3.63, 3.8) is 0 Å². The van der Waals surface area contributed by atoms with E-state index in [0.29, 0.717) is 32.4 Å². The third-order valence-electron chi connectivity index (χ3n) is 5.00. The number of benzene rings is 2. The Labute approximate surface area is 174 Å². The van der Waals surface area contributed by atoms with Gasteiger partial charge in [0, 0.05) is 19.5 Å². The van der Waals surface area contributed by atoms with Crippen LogP contribution in [0.5, 0.6) is 5.75 Å². The van der Waals surface area contributed by atoms with Gasteiger partial charge in [0.15, 0.2) is 0 Å². The number of hydrogen-bond donors (Lipinski definition) is 1. The largest absolute Gasteiger partial charge is 0.497 e. The van der Waals surface area contributed by atoms with Crippen LogP contribution in [0.1, 0.15) is 43.4 Å². The van der Waals surface area contributed by atoms with Crippen LogP contribution in [-0.4, -0.2) is 36.4 Å². The molecule has 2 amide bonds. The van der Waals surface area contributed by atoms with Crippen LogP contribution in [0.25, 0.3) is 0 Å². The molecule has 0 spiro atoms. The molecule has 0 radical (unpaired) electrons. The molecule has 0 saturated carbocycles. The molecule has 29 heavy (non-hydrogen) atoms. The highest BCUT2D eigenvalue weighted by Gasteiger charge is 2.28. The Morgan fingerprint density at radius 3 is 2.17 bits per heavy atom. The molecular formula is C24H32N2O3. The Balaban J connectivity index is 2.17. The van der Waals surface area contributed by atoms with Crippen molar-refractivity contribution < 1.29 is 14.3 Å². The van der Waals surface area contributed by atoms with Crippen molar-refractivity contribution in [3.05, 3.63) is 65.2 Å². The van der Waals surface area contributed by atoms with Crippen LogP contribution in [0.2, 0.25) is 0 Å². The fourth-order valence-electron chi connectivity index (χ4n) is 3.29. The third-order valence-corrected chi connectivity index (χ3v) is 5.00.